The Morgan fingerprint density at radius 2 is 2.57 bits per heavy atom. The Bertz CT molecular complexity index is 333. The molecule has 1 aromatic rings. The Kier molecular flexibility index (Phi) is 2.72. The highest BCUT2D eigenvalue weighted by Gasteiger charge is 2.23. The summed E-state index contributed by atoms with van der Waals surface area (Å²) in [4.78, 5) is 14.4. The molecule has 0 spiro atoms. The first-order chi connectivity index (χ1) is 6.75. The summed E-state index contributed by atoms with van der Waals surface area (Å²) in [6.07, 6.45) is 0.865. The highest BCUT2D eigenvalue weighted by atomic mass is 32.2. The number of carboxylic acid groups (broad SMARTS) is 1. The Labute approximate surface area is 84.9 Å². The zero-order chi connectivity index (χ0) is 9.97. The predicted octanol–water partition coefficient (Wildman–Crippen LogP) is 0.917. The first-order valence-corrected chi connectivity index (χ1v) is 5.53. The summed E-state index contributed by atoms with van der Waals surface area (Å²) in [6.45, 7) is 0. The molecule has 14 heavy (non-hydrogen) atoms. The van der Waals surface area contributed by atoms with Gasteiger partial charge in [-0.1, -0.05) is 5.16 Å². The van der Waals surface area contributed by atoms with Gasteiger partial charge in [0, 0.05) is 11.7 Å². The normalized spacial score (nSPS) is 21.3. The van der Waals surface area contributed by atoms with E-state index in [1.165, 1.54) is 0 Å². The van der Waals surface area contributed by atoms with Crippen LogP contribution in [0.2, 0.25) is 0 Å². The SMILES string of the molecule is O=C(O)Cc1nc(C2CCSC2)no1. The van der Waals surface area contributed by atoms with E-state index < -0.39 is 5.97 Å². The number of thioether (sulfide) groups is 1. The average molecular weight is 214 g/mol. The van der Waals surface area contributed by atoms with E-state index in [-0.39, 0.29) is 12.3 Å². The third kappa shape index (κ3) is 2.06. The quantitative estimate of drug-likeness (QED) is 0.806. The number of carboxylic acids is 1. The number of rotatable bonds is 3. The van der Waals surface area contributed by atoms with Crippen molar-refractivity contribution in [2.45, 2.75) is 18.8 Å². The van der Waals surface area contributed by atoms with E-state index in [1.807, 2.05) is 11.8 Å². The van der Waals surface area contributed by atoms with Crippen LogP contribution in [0.4, 0.5) is 0 Å². The van der Waals surface area contributed by atoms with E-state index in [1.54, 1.807) is 0 Å². The number of aliphatic carboxylic acids is 1. The van der Waals surface area contributed by atoms with E-state index in [9.17, 15) is 4.79 Å². The van der Waals surface area contributed by atoms with Crippen molar-refractivity contribution in [3.05, 3.63) is 11.7 Å². The molecule has 1 fully saturated rings. The van der Waals surface area contributed by atoms with E-state index in [0.29, 0.717) is 11.7 Å². The smallest absolute Gasteiger partial charge is 0.312 e. The Morgan fingerprint density at radius 3 is 3.21 bits per heavy atom. The molecular formula is C8H10N2O3S. The van der Waals surface area contributed by atoms with Crippen molar-refractivity contribution in [1.29, 1.82) is 0 Å². The molecule has 1 N–H and O–H groups in total. The van der Waals surface area contributed by atoms with E-state index in [0.717, 1.165) is 17.9 Å². The second kappa shape index (κ2) is 4.00. The lowest BCUT2D eigenvalue weighted by Gasteiger charge is -1.98. The van der Waals surface area contributed by atoms with Crippen molar-refractivity contribution in [3.8, 4) is 0 Å². The summed E-state index contributed by atoms with van der Waals surface area (Å²) in [5, 5.41) is 12.3. The first-order valence-electron chi connectivity index (χ1n) is 4.37. The Balaban J connectivity index is 2.05. The van der Waals surface area contributed by atoms with Crippen molar-refractivity contribution >= 4 is 17.7 Å². The molecule has 1 aliphatic rings. The summed E-state index contributed by atoms with van der Waals surface area (Å²) in [7, 11) is 0. The van der Waals surface area contributed by atoms with Crippen LogP contribution in [0.5, 0.6) is 0 Å². The minimum absolute atomic E-state index is 0.188. The molecule has 1 aromatic heterocycles. The number of nitrogens with zero attached hydrogens (tertiary/aromatic N) is 2. The van der Waals surface area contributed by atoms with Gasteiger partial charge in [0.1, 0.15) is 6.42 Å². The van der Waals surface area contributed by atoms with Crippen LogP contribution >= 0.6 is 11.8 Å². The average Bonchev–Trinajstić information content (AvgIpc) is 2.69. The molecule has 2 rings (SSSR count). The predicted molar refractivity (Wildman–Crippen MR) is 50.3 cm³/mol. The van der Waals surface area contributed by atoms with Crippen LogP contribution in [-0.4, -0.2) is 32.7 Å². The zero-order valence-electron chi connectivity index (χ0n) is 7.47. The van der Waals surface area contributed by atoms with Crippen molar-refractivity contribution in [2.24, 2.45) is 0 Å². The van der Waals surface area contributed by atoms with Crippen LogP contribution in [-0.2, 0) is 11.2 Å². The van der Waals surface area contributed by atoms with Crippen LogP contribution < -0.4 is 0 Å². The van der Waals surface area contributed by atoms with Crippen LogP contribution in [0, 0.1) is 0 Å². The second-order valence-electron chi connectivity index (χ2n) is 3.18. The Morgan fingerprint density at radius 1 is 1.71 bits per heavy atom. The molecule has 1 aliphatic heterocycles. The van der Waals surface area contributed by atoms with Crippen molar-refractivity contribution in [1.82, 2.24) is 10.1 Å². The van der Waals surface area contributed by atoms with Gasteiger partial charge in [-0.25, -0.2) is 0 Å². The molecule has 0 saturated carbocycles. The molecule has 1 unspecified atom stereocenters. The van der Waals surface area contributed by atoms with Gasteiger partial charge in [0.15, 0.2) is 5.82 Å². The molecule has 0 amide bonds. The molecule has 0 radical (unpaired) electrons. The van der Waals surface area contributed by atoms with Gasteiger partial charge < -0.3 is 9.63 Å². The lowest BCUT2D eigenvalue weighted by molar-refractivity contribution is -0.136. The highest BCUT2D eigenvalue weighted by molar-refractivity contribution is 7.99. The molecule has 0 aliphatic carbocycles. The minimum Gasteiger partial charge on any atom is -0.481 e. The van der Waals surface area contributed by atoms with Gasteiger partial charge in [-0.15, -0.1) is 0 Å². The van der Waals surface area contributed by atoms with Crippen molar-refractivity contribution in [3.63, 3.8) is 0 Å². The third-order valence-electron chi connectivity index (χ3n) is 2.08. The summed E-state index contributed by atoms with van der Waals surface area (Å²) in [5.74, 6) is 2.38. The van der Waals surface area contributed by atoms with Gasteiger partial charge in [0.2, 0.25) is 5.89 Å². The maximum Gasteiger partial charge on any atom is 0.312 e. The second-order valence-corrected chi connectivity index (χ2v) is 4.33. The molecule has 1 saturated heterocycles. The lowest BCUT2D eigenvalue weighted by Crippen LogP contribution is -2.02. The summed E-state index contributed by atoms with van der Waals surface area (Å²) in [5.41, 5.74) is 0. The number of carbonyl (C=O) groups is 1. The molecule has 76 valence electrons. The fraction of sp³-hybridized carbons (Fsp3) is 0.625. The van der Waals surface area contributed by atoms with E-state index >= 15 is 0 Å². The van der Waals surface area contributed by atoms with Gasteiger partial charge in [-0.05, 0) is 12.2 Å². The maximum atomic E-state index is 10.4. The zero-order valence-corrected chi connectivity index (χ0v) is 8.29. The summed E-state index contributed by atoms with van der Waals surface area (Å²) >= 11 is 1.86. The van der Waals surface area contributed by atoms with Crippen LogP contribution in [0.1, 0.15) is 24.1 Å². The van der Waals surface area contributed by atoms with Crippen LogP contribution in [0.15, 0.2) is 4.52 Å². The Hall–Kier alpha value is -1.04. The molecule has 2 heterocycles. The fourth-order valence-electron chi connectivity index (χ4n) is 1.37. The number of hydrogen-bond donors (Lipinski definition) is 1. The molecule has 6 heteroatoms. The fourth-order valence-corrected chi connectivity index (χ4v) is 2.59. The third-order valence-corrected chi connectivity index (χ3v) is 3.24. The highest BCUT2D eigenvalue weighted by Crippen LogP contribution is 2.30. The van der Waals surface area contributed by atoms with Crippen LogP contribution in [0.25, 0.3) is 0 Å². The lowest BCUT2D eigenvalue weighted by atomic mass is 10.1. The largest absolute Gasteiger partial charge is 0.481 e. The van der Waals surface area contributed by atoms with Gasteiger partial charge in [0.25, 0.3) is 0 Å². The first kappa shape index (κ1) is 9.51. The monoisotopic (exact) mass is 214 g/mol. The molecule has 1 atom stereocenters. The number of aromatic nitrogens is 2. The maximum absolute atomic E-state index is 10.4. The molecule has 0 aromatic carbocycles. The molecule has 5 nitrogen and oxygen atoms in total. The van der Waals surface area contributed by atoms with Gasteiger partial charge in [0.05, 0.1) is 0 Å². The summed E-state index contributed by atoms with van der Waals surface area (Å²) < 4.78 is 4.84. The van der Waals surface area contributed by atoms with Gasteiger partial charge in [-0.3, -0.25) is 4.79 Å². The van der Waals surface area contributed by atoms with Gasteiger partial charge in [-0.2, -0.15) is 16.7 Å². The van der Waals surface area contributed by atoms with E-state index in [2.05, 4.69) is 10.1 Å². The molecular weight excluding hydrogens is 204 g/mol. The van der Waals surface area contributed by atoms with E-state index in [4.69, 9.17) is 9.63 Å². The van der Waals surface area contributed by atoms with Crippen molar-refractivity contribution < 1.29 is 14.4 Å². The van der Waals surface area contributed by atoms with Gasteiger partial charge >= 0.3 is 5.97 Å². The number of hydrogen-bond acceptors (Lipinski definition) is 5. The van der Waals surface area contributed by atoms with Crippen molar-refractivity contribution in [2.75, 3.05) is 11.5 Å². The standard InChI is InChI=1S/C8H10N2O3S/c11-7(12)3-6-9-8(10-13-6)5-1-2-14-4-5/h5H,1-4H2,(H,11,12). The summed E-state index contributed by atoms with van der Waals surface area (Å²) in [6, 6.07) is 0. The topological polar surface area (TPSA) is 76.2 Å². The minimum atomic E-state index is -0.944. The molecule has 0 bridgehead atoms. The van der Waals surface area contributed by atoms with Crippen LogP contribution in [0.3, 0.4) is 0 Å².